The van der Waals surface area contributed by atoms with Gasteiger partial charge >= 0.3 is 20.2 Å². The Balaban J connectivity index is 0.909. The molecule has 4 amide bonds. The van der Waals surface area contributed by atoms with Gasteiger partial charge in [-0.15, -0.1) is 0 Å². The van der Waals surface area contributed by atoms with E-state index in [4.69, 9.17) is 14.0 Å². The van der Waals surface area contributed by atoms with Crippen LogP contribution in [0, 0.1) is 17.6 Å². The lowest BCUT2D eigenvalue weighted by molar-refractivity contribution is -0.142. The number of amides is 4. The summed E-state index contributed by atoms with van der Waals surface area (Å²) < 4.78 is 43.9. The average Bonchev–Trinajstić information content (AvgIpc) is 3.82. The van der Waals surface area contributed by atoms with E-state index in [0.29, 0.717) is 50.7 Å². The Kier molecular flexibility index (Phi) is 18.2. The van der Waals surface area contributed by atoms with E-state index < -0.39 is 78.1 Å². The van der Waals surface area contributed by atoms with Crippen LogP contribution in [-0.2, 0) is 48.1 Å². The molecule has 2 saturated heterocycles. The molecule has 0 saturated carbocycles. The highest BCUT2D eigenvalue weighted by Gasteiger charge is 2.59. The first-order valence-electron chi connectivity index (χ1n) is 21.4. The van der Waals surface area contributed by atoms with Gasteiger partial charge in [0.15, 0.2) is 8.53 Å². The summed E-state index contributed by atoms with van der Waals surface area (Å²) in [6, 6.07) is 10.2. The quantitative estimate of drug-likeness (QED) is 0.0235. The summed E-state index contributed by atoms with van der Waals surface area (Å²) in [6.45, 7) is -0.383. The highest BCUT2D eigenvalue weighted by Crippen LogP contribution is 2.86. The van der Waals surface area contributed by atoms with Gasteiger partial charge in [0.25, 0.3) is 11.8 Å². The zero-order chi connectivity index (χ0) is 48.6. The fourth-order valence-electron chi connectivity index (χ4n) is 7.59. The monoisotopic (exact) mass is 1050 g/mol. The molecule has 4 aliphatic heterocycles. The molecule has 4 aliphatic rings. The summed E-state index contributed by atoms with van der Waals surface area (Å²) >= 11 is 0. The fraction of sp³-hybridized carbons (Fsp3) is 0.429. The molecular weight excluding hydrogens is 1000 g/mol. The Morgan fingerprint density at radius 3 is 1.94 bits per heavy atom. The number of carbonyl (C=O) groups is 6. The molecule has 0 aromatic heterocycles. The molecule has 7 N–H and O–H groups in total. The first-order valence-corrected chi connectivity index (χ1v) is 27.9. The summed E-state index contributed by atoms with van der Waals surface area (Å²) in [6.07, 6.45) is 2.60. The van der Waals surface area contributed by atoms with Crippen molar-refractivity contribution in [1.82, 2.24) is 21.3 Å². The smallest absolute Gasteiger partial charge is 0.481 e. The molecule has 7 rings (SSSR count). The fourth-order valence-corrected chi connectivity index (χ4v) is 21.7. The zero-order valence-electron chi connectivity index (χ0n) is 36.3. The Morgan fingerprint density at radius 2 is 1.35 bits per heavy atom. The van der Waals surface area contributed by atoms with Gasteiger partial charge in [-0.05, 0) is 110 Å². The van der Waals surface area contributed by atoms with Gasteiger partial charge in [-0.3, -0.25) is 28.8 Å². The Bertz CT molecular complexity index is 2400. The van der Waals surface area contributed by atoms with Crippen LogP contribution in [0.3, 0.4) is 0 Å². The Labute approximate surface area is 414 Å². The van der Waals surface area contributed by atoms with Crippen molar-refractivity contribution >= 4 is 125 Å². The number of carboxylic acid groups (broad SMARTS) is 1. The third kappa shape index (κ3) is 13.1. The van der Waals surface area contributed by atoms with Crippen LogP contribution in [0.5, 0.6) is 0 Å². The van der Waals surface area contributed by atoms with E-state index in [0.717, 1.165) is 17.7 Å². The minimum Gasteiger partial charge on any atom is -0.481 e. The van der Waals surface area contributed by atoms with Gasteiger partial charge in [0, 0.05) is 74.0 Å². The number of nitrogens with one attached hydrogen (secondary N) is 4. The van der Waals surface area contributed by atoms with Crippen LogP contribution >= 0.6 is 64.8 Å². The molecule has 3 aromatic carbocycles. The molecule has 362 valence electrons. The molecule has 26 heteroatoms. The van der Waals surface area contributed by atoms with E-state index in [2.05, 4.69) is 21.3 Å². The van der Waals surface area contributed by atoms with Gasteiger partial charge < -0.3 is 50.5 Å². The number of halogens is 2. The van der Waals surface area contributed by atoms with Gasteiger partial charge in [-0.2, -0.15) is 0 Å². The minimum absolute atomic E-state index is 0.0190. The molecule has 2 unspecified atom stereocenters. The highest BCUT2D eigenvalue weighted by molar-refractivity contribution is 9.14. The molecule has 2 fully saturated rings. The molecule has 0 aliphatic carbocycles. The number of unbranched alkanes of at least 4 members (excludes halogenated alkanes) is 1. The number of fused-ring (bicyclic) bond motifs is 2. The first-order chi connectivity index (χ1) is 32.6. The molecule has 0 bridgehead atoms. The van der Waals surface area contributed by atoms with Crippen molar-refractivity contribution in [3.8, 4) is 0 Å². The summed E-state index contributed by atoms with van der Waals surface area (Å²) in [4.78, 5) is 78.4. The maximum absolute atomic E-state index is 14.8. The van der Waals surface area contributed by atoms with Crippen LogP contribution in [0.2, 0.25) is 0 Å². The van der Waals surface area contributed by atoms with E-state index in [-0.39, 0.29) is 74.4 Å². The largest absolute Gasteiger partial charge is 0.491 e. The second-order valence-electron chi connectivity index (χ2n) is 16.1. The standard InChI is InChI=1S/C42H46B2F2N4O12S6/c1-60-14-4-6-35(51)24-9-7-23(8-10-24)19-41(63-65-42(66-64-41)67-68-42)29(40(56)57)5-2-3-12-47-36(52)11-13-48-39(55)34(50-38(54)26-16-31-28(33(46)18-26)22-62-44(31)59)20-49-37(53)25-15-30-27(32(45)17-25)21-61-43(30)58/h7-10,15-18,29,34,58-59H,2-6,11-14,19-22H2,1H3,(H,47,52)(H,48,55)(H,49,53)(H,50,54)(H,56,57). The lowest BCUT2D eigenvalue weighted by Crippen LogP contribution is -2.53. The van der Waals surface area contributed by atoms with Gasteiger partial charge in [0.1, 0.15) is 17.7 Å². The number of hydrogen-bond acceptors (Lipinski definition) is 17. The second-order valence-corrected chi connectivity index (χ2v) is 25.8. The summed E-state index contributed by atoms with van der Waals surface area (Å²) in [5, 5.41) is 41.0. The molecule has 68 heavy (non-hydrogen) atoms. The third-order valence-corrected chi connectivity index (χ3v) is 25.9. The summed E-state index contributed by atoms with van der Waals surface area (Å²) in [7, 11) is 8.70. The van der Waals surface area contributed by atoms with Gasteiger partial charge in [-0.25, -0.2) is 8.78 Å². The second kappa shape index (κ2) is 23.7. The number of aliphatic carboxylic acids is 1. The molecule has 1 spiro atoms. The molecule has 4 heterocycles. The molecule has 16 nitrogen and oxygen atoms in total. The lowest BCUT2D eigenvalue weighted by atomic mass is 9.78. The number of carbonyl (C=O) groups excluding carboxylic acids is 5. The van der Waals surface area contributed by atoms with Crippen molar-refractivity contribution in [2.24, 2.45) is 5.92 Å². The molecular formula is C42H46B2F2N4O12S6. The normalized spacial score (nSPS) is 17.2. The van der Waals surface area contributed by atoms with E-state index in [1.165, 1.54) is 12.1 Å². The number of rotatable bonds is 23. The Hall–Kier alpha value is -3.43. The maximum Gasteiger partial charge on any atom is 0.491 e. The third-order valence-electron chi connectivity index (χ3n) is 11.4. The number of methoxy groups -OCH3 is 1. The van der Waals surface area contributed by atoms with Gasteiger partial charge in [0.05, 0.1) is 23.2 Å². The topological polar surface area (TPSA) is 239 Å². The molecule has 3 aromatic rings. The lowest BCUT2D eigenvalue weighted by Gasteiger charge is -2.40. The number of ketones is 1. The van der Waals surface area contributed by atoms with Crippen LogP contribution in [0.15, 0.2) is 48.5 Å². The van der Waals surface area contributed by atoms with E-state index in [9.17, 15) is 52.7 Å². The number of carboxylic acids is 1. The average molecular weight is 1050 g/mol. The maximum atomic E-state index is 14.8. The van der Waals surface area contributed by atoms with Crippen molar-refractivity contribution in [2.75, 3.05) is 33.4 Å². The summed E-state index contributed by atoms with van der Waals surface area (Å²) in [5.74, 6) is -6.25. The first kappa shape index (κ1) is 52.4. The van der Waals surface area contributed by atoms with Crippen LogP contribution in [0.25, 0.3) is 0 Å². The van der Waals surface area contributed by atoms with Crippen LogP contribution in [-0.4, -0.2) is 111 Å². The number of ether oxygens (including phenoxy) is 1. The number of Topliss-reactive ketones (excluding diaryl/α,β-unsaturated/α-hetero) is 1. The van der Waals surface area contributed by atoms with Crippen molar-refractivity contribution in [1.29, 1.82) is 0 Å². The van der Waals surface area contributed by atoms with E-state index in [1.807, 2.05) is 12.1 Å². The van der Waals surface area contributed by atoms with Crippen LogP contribution in [0.1, 0.15) is 86.3 Å². The zero-order valence-corrected chi connectivity index (χ0v) is 41.2. The van der Waals surface area contributed by atoms with Crippen molar-refractivity contribution < 1.29 is 66.7 Å². The predicted octanol–water partition coefficient (Wildman–Crippen LogP) is 3.75. The van der Waals surface area contributed by atoms with Crippen molar-refractivity contribution in [3.63, 3.8) is 0 Å². The molecule has 2 atom stereocenters. The van der Waals surface area contributed by atoms with Crippen molar-refractivity contribution in [3.05, 3.63) is 93.5 Å². The summed E-state index contributed by atoms with van der Waals surface area (Å²) in [5.41, 5.74) is 1.35. The van der Waals surface area contributed by atoms with Crippen LogP contribution < -0.4 is 32.2 Å². The predicted molar refractivity (Wildman–Crippen MR) is 263 cm³/mol. The van der Waals surface area contributed by atoms with E-state index >= 15 is 0 Å². The van der Waals surface area contributed by atoms with Gasteiger partial charge in [-0.1, -0.05) is 52.3 Å². The van der Waals surface area contributed by atoms with Gasteiger partial charge in [0.2, 0.25) is 11.8 Å². The number of hydrogen-bond donors (Lipinski definition) is 7. The van der Waals surface area contributed by atoms with Crippen molar-refractivity contribution in [2.45, 2.75) is 71.0 Å². The highest BCUT2D eigenvalue weighted by atomic mass is 33.2. The SMILES string of the molecule is COCCCC(=O)c1ccc(CC2(C(CCCCNC(=O)CCNC(=O)C(CNC(=O)c3cc(F)c4c(c3)B(O)OC4)NC(=O)c3cc(F)c4c(c3)B(O)OC4)C(=O)O)SSC3(SS3)SS2)cc1. The van der Waals surface area contributed by atoms with E-state index in [1.54, 1.807) is 84.0 Å². The minimum atomic E-state index is -1.49. The number of benzene rings is 3. The van der Waals surface area contributed by atoms with Crippen LogP contribution in [0.4, 0.5) is 8.78 Å². The molecule has 0 radical (unpaired) electrons. The Morgan fingerprint density at radius 1 is 0.750 bits per heavy atom.